The van der Waals surface area contributed by atoms with E-state index in [1.165, 1.54) is 11.8 Å². The second-order valence-corrected chi connectivity index (χ2v) is 10.5. The Kier molecular flexibility index (Phi) is 8.10. The fourth-order valence-electron chi connectivity index (χ4n) is 3.16. The molecule has 0 aliphatic heterocycles. The number of hydrogen-bond acceptors (Lipinski definition) is 6. The predicted molar refractivity (Wildman–Crippen MR) is 129 cm³/mol. The summed E-state index contributed by atoms with van der Waals surface area (Å²) in [6.07, 6.45) is 2.41. The first kappa shape index (κ1) is 24.4. The summed E-state index contributed by atoms with van der Waals surface area (Å²) < 4.78 is 26.3. The summed E-state index contributed by atoms with van der Waals surface area (Å²) in [5.41, 5.74) is 1.84. The molecule has 1 N–H and O–H groups in total. The van der Waals surface area contributed by atoms with Crippen molar-refractivity contribution in [3.8, 4) is 0 Å². The molecule has 32 heavy (non-hydrogen) atoms. The molecule has 3 aromatic rings. The number of benzene rings is 2. The van der Waals surface area contributed by atoms with Crippen molar-refractivity contribution in [3.05, 3.63) is 69.0 Å². The Labute approximate surface area is 196 Å². The number of thioether (sulfide) groups is 1. The Morgan fingerprint density at radius 3 is 2.56 bits per heavy atom. The lowest BCUT2D eigenvalue weighted by Crippen LogP contribution is -2.24. The molecular weight excluding hydrogens is 470 g/mol. The summed E-state index contributed by atoms with van der Waals surface area (Å²) in [7, 11) is -3.22. The highest BCUT2D eigenvalue weighted by Crippen LogP contribution is 2.22. The summed E-state index contributed by atoms with van der Waals surface area (Å²) in [5, 5.41) is 1.49. The molecule has 2 aromatic carbocycles. The van der Waals surface area contributed by atoms with E-state index >= 15 is 0 Å². The van der Waals surface area contributed by atoms with Crippen LogP contribution in [0.25, 0.3) is 10.9 Å². The molecule has 0 amide bonds. The minimum Gasteiger partial charge on any atom is -0.293 e. The fraction of sp³-hybridized carbons (Fsp3) is 0.318. The standard InChI is InChI=1S/C22H24ClN3O4S2/c1-3-12-26-21(28)18-9-8-17(23)13-19(18)25-22(26)31-14-20(27)16-6-4-15(5-7-16)10-11-24-32(2,29)30/h4-9,13,24H,3,10-12,14H2,1-2H3. The van der Waals surface area contributed by atoms with Crippen LogP contribution in [0.5, 0.6) is 0 Å². The van der Waals surface area contributed by atoms with Gasteiger partial charge in [0.25, 0.3) is 5.56 Å². The van der Waals surface area contributed by atoms with E-state index in [-0.39, 0.29) is 17.1 Å². The van der Waals surface area contributed by atoms with E-state index in [2.05, 4.69) is 9.71 Å². The third-order valence-corrected chi connectivity index (χ3v) is 6.66. The Hall–Kier alpha value is -2.20. The van der Waals surface area contributed by atoms with Crippen LogP contribution < -0.4 is 10.3 Å². The number of sulfonamides is 1. The van der Waals surface area contributed by atoms with Gasteiger partial charge in [0, 0.05) is 23.7 Å². The number of halogens is 1. The predicted octanol–water partition coefficient (Wildman–Crippen LogP) is 3.53. The van der Waals surface area contributed by atoms with E-state index in [0.717, 1.165) is 18.2 Å². The van der Waals surface area contributed by atoms with Crippen LogP contribution >= 0.6 is 23.4 Å². The lowest BCUT2D eigenvalue weighted by atomic mass is 10.1. The van der Waals surface area contributed by atoms with E-state index in [4.69, 9.17) is 11.6 Å². The van der Waals surface area contributed by atoms with Crippen LogP contribution in [0.15, 0.2) is 52.4 Å². The quantitative estimate of drug-likeness (QED) is 0.263. The molecule has 10 heteroatoms. The molecular formula is C22H24ClN3O4S2. The lowest BCUT2D eigenvalue weighted by Gasteiger charge is -2.12. The van der Waals surface area contributed by atoms with Gasteiger partial charge in [0.05, 0.1) is 22.9 Å². The maximum absolute atomic E-state index is 12.9. The van der Waals surface area contributed by atoms with E-state index in [9.17, 15) is 18.0 Å². The first-order valence-electron chi connectivity index (χ1n) is 10.1. The lowest BCUT2D eigenvalue weighted by molar-refractivity contribution is 0.102. The normalized spacial score (nSPS) is 11.7. The highest BCUT2D eigenvalue weighted by molar-refractivity contribution is 7.99. The SMILES string of the molecule is CCCn1c(SCC(=O)c2ccc(CCNS(C)(=O)=O)cc2)nc2cc(Cl)ccc2c1=O. The summed E-state index contributed by atoms with van der Waals surface area (Å²) in [6, 6.07) is 12.1. The minimum absolute atomic E-state index is 0.0840. The second-order valence-electron chi connectivity index (χ2n) is 7.34. The van der Waals surface area contributed by atoms with Crippen molar-refractivity contribution in [1.29, 1.82) is 0 Å². The number of aromatic nitrogens is 2. The molecule has 0 atom stereocenters. The van der Waals surface area contributed by atoms with Crippen molar-refractivity contribution >= 4 is 50.1 Å². The highest BCUT2D eigenvalue weighted by Gasteiger charge is 2.14. The number of nitrogens with one attached hydrogen (secondary N) is 1. The van der Waals surface area contributed by atoms with Crippen molar-refractivity contribution in [2.24, 2.45) is 0 Å². The van der Waals surface area contributed by atoms with E-state index < -0.39 is 10.0 Å². The zero-order chi connectivity index (χ0) is 23.3. The number of Topliss-reactive ketones (excluding diaryl/α,β-unsaturated/α-hetero) is 1. The summed E-state index contributed by atoms with van der Waals surface area (Å²) in [4.78, 5) is 30.2. The molecule has 0 unspecified atom stereocenters. The molecule has 0 radical (unpaired) electrons. The van der Waals surface area contributed by atoms with Crippen molar-refractivity contribution in [2.45, 2.75) is 31.5 Å². The zero-order valence-corrected chi connectivity index (χ0v) is 20.2. The molecule has 1 heterocycles. The smallest absolute Gasteiger partial charge is 0.262 e. The first-order valence-corrected chi connectivity index (χ1v) is 13.3. The number of fused-ring (bicyclic) bond motifs is 1. The van der Waals surface area contributed by atoms with Crippen molar-refractivity contribution in [1.82, 2.24) is 14.3 Å². The van der Waals surface area contributed by atoms with Crippen molar-refractivity contribution in [2.75, 3.05) is 18.6 Å². The zero-order valence-electron chi connectivity index (χ0n) is 17.8. The summed E-state index contributed by atoms with van der Waals surface area (Å²) in [5.74, 6) is 0.0521. The summed E-state index contributed by atoms with van der Waals surface area (Å²) in [6.45, 7) is 2.79. The molecule has 0 aliphatic rings. The van der Waals surface area contributed by atoms with Gasteiger partial charge in [-0.25, -0.2) is 18.1 Å². The van der Waals surface area contributed by atoms with Gasteiger partial charge in [0.15, 0.2) is 10.9 Å². The van der Waals surface area contributed by atoms with Gasteiger partial charge in [0.1, 0.15) is 0 Å². The van der Waals surface area contributed by atoms with Gasteiger partial charge in [-0.15, -0.1) is 0 Å². The number of carbonyl (C=O) groups excluding carboxylic acids is 1. The topological polar surface area (TPSA) is 98.1 Å². The van der Waals surface area contributed by atoms with Gasteiger partial charge in [-0.2, -0.15) is 0 Å². The molecule has 170 valence electrons. The first-order chi connectivity index (χ1) is 15.2. The maximum Gasteiger partial charge on any atom is 0.262 e. The van der Waals surface area contributed by atoms with E-state index in [1.54, 1.807) is 34.9 Å². The van der Waals surface area contributed by atoms with Gasteiger partial charge in [-0.3, -0.25) is 14.2 Å². The van der Waals surface area contributed by atoms with Crippen LogP contribution in [0.3, 0.4) is 0 Å². The van der Waals surface area contributed by atoms with Gasteiger partial charge < -0.3 is 0 Å². The molecule has 7 nitrogen and oxygen atoms in total. The molecule has 0 spiro atoms. The van der Waals surface area contributed by atoms with Crippen LogP contribution in [-0.2, 0) is 23.0 Å². The Morgan fingerprint density at radius 1 is 1.19 bits per heavy atom. The summed E-state index contributed by atoms with van der Waals surface area (Å²) >= 11 is 7.28. The average molecular weight is 494 g/mol. The monoisotopic (exact) mass is 493 g/mol. The highest BCUT2D eigenvalue weighted by atomic mass is 35.5. The number of ketones is 1. The number of hydrogen-bond donors (Lipinski definition) is 1. The van der Waals surface area contributed by atoms with Gasteiger partial charge in [-0.1, -0.05) is 54.6 Å². The Balaban J connectivity index is 1.72. The molecule has 0 bridgehead atoms. The third-order valence-electron chi connectivity index (χ3n) is 4.72. The Bertz CT molecular complexity index is 1290. The third kappa shape index (κ3) is 6.41. The number of nitrogens with zero attached hydrogens (tertiary/aromatic N) is 2. The molecule has 1 aromatic heterocycles. The van der Waals surface area contributed by atoms with Gasteiger partial charge >= 0.3 is 0 Å². The largest absolute Gasteiger partial charge is 0.293 e. The fourth-order valence-corrected chi connectivity index (χ4v) is 4.72. The van der Waals surface area contributed by atoms with Gasteiger partial charge in [0.2, 0.25) is 10.0 Å². The Morgan fingerprint density at radius 2 is 1.91 bits per heavy atom. The second kappa shape index (κ2) is 10.6. The van der Waals surface area contributed by atoms with Crippen molar-refractivity contribution < 1.29 is 13.2 Å². The average Bonchev–Trinajstić information content (AvgIpc) is 2.73. The van der Waals surface area contributed by atoms with Crippen LogP contribution in [-0.4, -0.2) is 42.3 Å². The molecule has 0 aliphatic carbocycles. The molecule has 0 fully saturated rings. The minimum atomic E-state index is -3.22. The maximum atomic E-state index is 12.9. The van der Waals surface area contributed by atoms with Crippen LogP contribution in [0.1, 0.15) is 29.3 Å². The molecule has 0 saturated heterocycles. The molecule has 3 rings (SSSR count). The van der Waals surface area contributed by atoms with E-state index in [1.807, 2.05) is 19.1 Å². The number of carbonyl (C=O) groups is 1. The number of rotatable bonds is 10. The van der Waals surface area contributed by atoms with E-state index in [0.29, 0.717) is 46.2 Å². The van der Waals surface area contributed by atoms with Crippen LogP contribution in [0.4, 0.5) is 0 Å². The van der Waals surface area contributed by atoms with Gasteiger partial charge in [-0.05, 0) is 36.6 Å². The molecule has 0 saturated carbocycles. The van der Waals surface area contributed by atoms with Crippen LogP contribution in [0, 0.1) is 0 Å². The van der Waals surface area contributed by atoms with Crippen LogP contribution in [0.2, 0.25) is 5.02 Å². The van der Waals surface area contributed by atoms with Crippen molar-refractivity contribution in [3.63, 3.8) is 0 Å².